The molecule has 6 rings (SSSR count). The number of thiazole rings is 1. The molecule has 2 amide bonds. The number of hydrogen-bond acceptors (Lipinski definition) is 5. The highest BCUT2D eigenvalue weighted by Crippen LogP contribution is 2.37. The monoisotopic (exact) mass is 581 g/mol. The van der Waals surface area contributed by atoms with Crippen LogP contribution in [0.5, 0.6) is 0 Å². The van der Waals surface area contributed by atoms with E-state index in [0.717, 1.165) is 48.4 Å². The second-order valence-corrected chi connectivity index (χ2v) is 12.0. The van der Waals surface area contributed by atoms with E-state index in [1.54, 1.807) is 18.2 Å². The van der Waals surface area contributed by atoms with Crippen LogP contribution in [-0.2, 0) is 0 Å². The van der Waals surface area contributed by atoms with Crippen molar-refractivity contribution in [2.75, 3.05) is 32.7 Å². The Morgan fingerprint density at radius 1 is 1.12 bits per heavy atom. The Kier molecular flexibility index (Phi) is 7.65. The number of nitrogens with one attached hydrogen (secondary N) is 1. The highest BCUT2D eigenvalue weighted by molar-refractivity contribution is 7.23. The zero-order valence-electron chi connectivity index (χ0n) is 22.9. The molecule has 2 N–H and O–H groups in total. The van der Waals surface area contributed by atoms with Crippen LogP contribution in [0, 0.1) is 12.7 Å². The summed E-state index contributed by atoms with van der Waals surface area (Å²) in [6.45, 7) is 5.31. The lowest BCUT2D eigenvalue weighted by Gasteiger charge is -2.28. The van der Waals surface area contributed by atoms with Gasteiger partial charge in [-0.15, -0.1) is 0 Å². The van der Waals surface area contributed by atoms with Gasteiger partial charge in [0.1, 0.15) is 12.0 Å². The smallest absolute Gasteiger partial charge is 0.407 e. The van der Waals surface area contributed by atoms with Crippen molar-refractivity contribution in [2.24, 2.45) is 0 Å². The molecule has 0 bridgehead atoms. The lowest BCUT2D eigenvalue weighted by atomic mass is 10.0. The number of amides is 2. The molecule has 0 radical (unpaired) electrons. The number of benzene rings is 2. The van der Waals surface area contributed by atoms with E-state index in [-0.39, 0.29) is 11.9 Å². The van der Waals surface area contributed by atoms with Crippen LogP contribution in [0.15, 0.2) is 36.4 Å². The summed E-state index contributed by atoms with van der Waals surface area (Å²) in [5.41, 5.74) is 3.83. The minimum atomic E-state index is -0.985. The van der Waals surface area contributed by atoms with Crippen molar-refractivity contribution in [3.05, 3.63) is 59.0 Å². The number of carboxylic acid groups (broad SMARTS) is 1. The second kappa shape index (κ2) is 11.4. The summed E-state index contributed by atoms with van der Waals surface area (Å²) in [5, 5.41) is 12.4. The van der Waals surface area contributed by atoms with Gasteiger partial charge < -0.3 is 20.2 Å². The number of imidazole rings is 1. The number of carbonyl (C=O) groups is 2. The zero-order chi connectivity index (χ0) is 28.7. The predicted molar refractivity (Wildman–Crippen MR) is 155 cm³/mol. The quantitative estimate of drug-likeness (QED) is 0.260. The van der Waals surface area contributed by atoms with E-state index in [2.05, 4.69) is 10.2 Å². The molecule has 0 unspecified atom stereocenters. The Bertz CT molecular complexity index is 1610. The summed E-state index contributed by atoms with van der Waals surface area (Å²) in [5.74, 6) is -0.563. The summed E-state index contributed by atoms with van der Waals surface area (Å²) in [7, 11) is 0. The minimum absolute atomic E-state index is 0.135. The average molecular weight is 582 g/mol. The third-order valence-electron chi connectivity index (χ3n) is 8.33. The second-order valence-electron chi connectivity index (χ2n) is 10.9. The molecule has 1 atom stereocenters. The van der Waals surface area contributed by atoms with E-state index in [9.17, 15) is 19.1 Å². The van der Waals surface area contributed by atoms with Crippen LogP contribution in [0.2, 0.25) is 0 Å². The number of piperidine rings is 1. The Morgan fingerprint density at radius 2 is 1.93 bits per heavy atom. The number of hydrogen-bond donors (Lipinski definition) is 2. The third-order valence-corrected chi connectivity index (χ3v) is 9.33. The summed E-state index contributed by atoms with van der Waals surface area (Å²) in [4.78, 5) is 33.4. The van der Waals surface area contributed by atoms with Crippen molar-refractivity contribution in [1.82, 2.24) is 24.5 Å². The molecular weight excluding hydrogens is 548 g/mol. The molecule has 8 nitrogen and oxygen atoms in total. The number of aromatic nitrogens is 2. The van der Waals surface area contributed by atoms with Gasteiger partial charge in [0, 0.05) is 43.0 Å². The minimum Gasteiger partial charge on any atom is -0.465 e. The first kappa shape index (κ1) is 27.6. The van der Waals surface area contributed by atoms with Crippen LogP contribution in [0.3, 0.4) is 0 Å². The molecule has 0 saturated carbocycles. The Hall–Kier alpha value is -3.57. The van der Waals surface area contributed by atoms with E-state index in [1.807, 2.05) is 23.5 Å². The van der Waals surface area contributed by atoms with Gasteiger partial charge in [-0.2, -0.15) is 0 Å². The van der Waals surface area contributed by atoms with Gasteiger partial charge in [-0.1, -0.05) is 17.4 Å². The normalized spacial score (nSPS) is 18.5. The first-order chi connectivity index (χ1) is 19.8. The predicted octanol–water partition coefficient (Wildman–Crippen LogP) is 6.03. The summed E-state index contributed by atoms with van der Waals surface area (Å²) >= 11 is 1.44. The van der Waals surface area contributed by atoms with Gasteiger partial charge >= 0.3 is 6.09 Å². The molecule has 0 spiro atoms. The highest BCUT2D eigenvalue weighted by atomic mass is 32.1. The number of likely N-dealkylation sites (tertiary alicyclic amines) is 2. The molecule has 2 fully saturated rings. The number of rotatable bonds is 7. The molecule has 0 aliphatic carbocycles. The average Bonchev–Trinajstić information content (AvgIpc) is 3.67. The number of aryl methyl sites for hydroxylation is 1. The topological polar surface area (TPSA) is 90.2 Å². The summed E-state index contributed by atoms with van der Waals surface area (Å²) in [6, 6.07) is 10.1. The van der Waals surface area contributed by atoms with Crippen molar-refractivity contribution in [2.45, 2.75) is 51.2 Å². The van der Waals surface area contributed by atoms with E-state index in [4.69, 9.17) is 4.98 Å². The van der Waals surface area contributed by atoms with Crippen LogP contribution in [-0.4, -0.2) is 75.2 Å². The molecule has 2 aromatic heterocycles. The van der Waals surface area contributed by atoms with Gasteiger partial charge in [-0.3, -0.25) is 9.20 Å². The largest absolute Gasteiger partial charge is 0.465 e. The van der Waals surface area contributed by atoms with Gasteiger partial charge in [-0.05, 0) is 81.5 Å². The van der Waals surface area contributed by atoms with E-state index >= 15 is 4.39 Å². The molecular formula is C30H33F2N5O3S. The van der Waals surface area contributed by atoms with Gasteiger partial charge in [0.05, 0.1) is 22.0 Å². The van der Waals surface area contributed by atoms with Crippen LogP contribution in [0.25, 0.3) is 26.4 Å². The lowest BCUT2D eigenvalue weighted by molar-refractivity contribution is 0.0949. The number of nitrogens with zero attached hydrogens (tertiary/aromatic N) is 4. The van der Waals surface area contributed by atoms with Crippen molar-refractivity contribution >= 4 is 38.5 Å². The lowest BCUT2D eigenvalue weighted by Crippen LogP contribution is -2.36. The fraction of sp³-hybridized carbons (Fsp3) is 0.433. The van der Waals surface area contributed by atoms with Crippen molar-refractivity contribution in [3.8, 4) is 11.3 Å². The van der Waals surface area contributed by atoms with Gasteiger partial charge in [0.25, 0.3) is 5.91 Å². The van der Waals surface area contributed by atoms with Gasteiger partial charge in [0.15, 0.2) is 4.96 Å². The van der Waals surface area contributed by atoms with Crippen molar-refractivity contribution in [1.29, 1.82) is 0 Å². The number of fused-ring (bicyclic) bond motifs is 3. The van der Waals surface area contributed by atoms with Crippen molar-refractivity contribution < 1.29 is 23.5 Å². The Labute approximate surface area is 240 Å². The highest BCUT2D eigenvalue weighted by Gasteiger charge is 2.30. The zero-order valence-corrected chi connectivity index (χ0v) is 23.7. The molecule has 2 aliphatic rings. The molecule has 41 heavy (non-hydrogen) atoms. The molecule has 2 saturated heterocycles. The Balaban J connectivity index is 1.16. The molecule has 4 heterocycles. The maximum absolute atomic E-state index is 15.4. The first-order valence-electron chi connectivity index (χ1n) is 14.2. The fourth-order valence-electron chi connectivity index (χ4n) is 6.11. The summed E-state index contributed by atoms with van der Waals surface area (Å²) < 4.78 is 31.6. The van der Waals surface area contributed by atoms with Crippen LogP contribution >= 0.6 is 11.3 Å². The van der Waals surface area contributed by atoms with Crippen LogP contribution in [0.4, 0.5) is 13.6 Å². The molecule has 2 aromatic carbocycles. The van der Waals surface area contributed by atoms with Gasteiger partial charge in [-0.25, -0.2) is 18.6 Å². The number of alkyl halides is 1. The maximum Gasteiger partial charge on any atom is 0.407 e. The first-order valence-corrected chi connectivity index (χ1v) is 15.0. The molecule has 2 aliphatic heterocycles. The fourth-order valence-corrected chi connectivity index (χ4v) is 7.22. The SMILES string of the molecule is Cc1c(-c2ccc([C@H]3CCCN3C(=O)O)cc2F)nc2sc3cc(C(=O)NCCCN4CCC(F)CC4)ccc3n12. The number of carbonyl (C=O) groups excluding carboxylic acids is 1. The van der Waals surface area contributed by atoms with Crippen molar-refractivity contribution in [3.63, 3.8) is 0 Å². The molecule has 11 heteroatoms. The Morgan fingerprint density at radius 3 is 2.68 bits per heavy atom. The van der Waals surface area contributed by atoms with E-state index in [0.29, 0.717) is 59.7 Å². The molecule has 216 valence electrons. The third kappa shape index (κ3) is 5.40. The van der Waals surface area contributed by atoms with E-state index in [1.165, 1.54) is 22.3 Å². The van der Waals surface area contributed by atoms with Gasteiger partial charge in [0.2, 0.25) is 0 Å². The van der Waals surface area contributed by atoms with E-state index < -0.39 is 18.1 Å². The standard InChI is InChI=1S/C30H33F2N5O3S/c1-18-27(22-7-5-19(16-23(22)32)24-4-2-13-36(24)30(39)40)34-29-37(18)25-8-6-20(17-26(25)41-29)28(38)33-11-3-12-35-14-9-21(31)10-15-35/h5-8,16-17,21,24H,2-4,9-15H2,1H3,(H,33,38)(H,39,40)/t24-/m1/s1. The number of halogens is 2. The molecule has 4 aromatic rings. The van der Waals surface area contributed by atoms with Crippen LogP contribution < -0.4 is 5.32 Å². The van der Waals surface area contributed by atoms with Crippen LogP contribution in [0.1, 0.15) is 59.8 Å². The summed E-state index contributed by atoms with van der Waals surface area (Å²) in [6.07, 6.45) is 1.76. The maximum atomic E-state index is 15.4.